The Morgan fingerprint density at radius 3 is 2.09 bits per heavy atom. The van der Waals surface area contributed by atoms with Crippen LogP contribution >= 0.6 is 23.2 Å². The number of hydrogen-bond donors (Lipinski definition) is 1. The van der Waals surface area contributed by atoms with Crippen LogP contribution in [0.1, 0.15) is 37.5 Å². The number of carbonyl (C=O) groups excluding carboxylic acids is 2. The van der Waals surface area contributed by atoms with Gasteiger partial charge in [0.1, 0.15) is 12.6 Å². The summed E-state index contributed by atoms with van der Waals surface area (Å²) in [7, 11) is -4.19. The fourth-order valence-corrected chi connectivity index (χ4v) is 7.04. The molecule has 0 aliphatic heterocycles. The van der Waals surface area contributed by atoms with Gasteiger partial charge in [-0.15, -0.1) is 0 Å². The Kier molecular flexibility index (Phi) is 12.3. The van der Waals surface area contributed by atoms with Crippen molar-refractivity contribution in [1.29, 1.82) is 0 Å². The van der Waals surface area contributed by atoms with Gasteiger partial charge in [-0.2, -0.15) is 0 Å². The highest BCUT2D eigenvalue weighted by Gasteiger charge is 2.35. The number of rotatable bonds is 14. The van der Waals surface area contributed by atoms with E-state index in [1.807, 2.05) is 63.2 Å². The van der Waals surface area contributed by atoms with Crippen LogP contribution in [0.2, 0.25) is 10.0 Å². The molecule has 4 rings (SSSR count). The molecule has 4 aromatic rings. The van der Waals surface area contributed by atoms with Gasteiger partial charge in [0.2, 0.25) is 11.8 Å². The fourth-order valence-electron chi connectivity index (χ4n) is 5.10. The van der Waals surface area contributed by atoms with Crippen molar-refractivity contribution >= 4 is 50.7 Å². The van der Waals surface area contributed by atoms with Crippen molar-refractivity contribution in [2.45, 2.75) is 51.1 Å². The van der Waals surface area contributed by atoms with Crippen molar-refractivity contribution in [2.24, 2.45) is 5.92 Å². The molecular weight excluding hydrogens is 641 g/mol. The van der Waals surface area contributed by atoms with E-state index in [9.17, 15) is 18.0 Å². The quantitative estimate of drug-likeness (QED) is 0.153. The standard InChI is InChI=1S/C36H39Cl2N3O4S/c1-4-28-15-11-12-18-33(28)41(46(44,45)31-16-9-6-10-17-31)25-35(42)40(24-29-19-20-30(37)22-32(29)38)34(36(43)39-23-26(2)3)21-27-13-7-5-8-14-27/h5-20,22,26,34H,4,21,23-25H2,1-3H3,(H,39,43)/t34-/m0/s1. The minimum atomic E-state index is -4.19. The third kappa shape index (κ3) is 8.90. The van der Waals surface area contributed by atoms with E-state index in [1.165, 1.54) is 17.0 Å². The number of hydrogen-bond acceptors (Lipinski definition) is 4. The molecule has 242 valence electrons. The van der Waals surface area contributed by atoms with E-state index in [1.54, 1.807) is 48.5 Å². The Balaban J connectivity index is 1.84. The second-order valence-corrected chi connectivity index (χ2v) is 14.1. The van der Waals surface area contributed by atoms with Crippen molar-refractivity contribution in [1.82, 2.24) is 10.2 Å². The first-order chi connectivity index (χ1) is 22.0. The van der Waals surface area contributed by atoms with E-state index in [2.05, 4.69) is 5.32 Å². The molecule has 4 aromatic carbocycles. The van der Waals surface area contributed by atoms with E-state index in [0.29, 0.717) is 34.3 Å². The maximum Gasteiger partial charge on any atom is 0.264 e. The first-order valence-corrected chi connectivity index (χ1v) is 17.4. The summed E-state index contributed by atoms with van der Waals surface area (Å²) in [5, 5.41) is 3.75. The van der Waals surface area contributed by atoms with Gasteiger partial charge in [-0.25, -0.2) is 8.42 Å². The summed E-state index contributed by atoms with van der Waals surface area (Å²) in [5.74, 6) is -0.729. The normalized spacial score (nSPS) is 12.0. The predicted molar refractivity (Wildman–Crippen MR) is 186 cm³/mol. The molecule has 2 amide bonds. The van der Waals surface area contributed by atoms with E-state index >= 15 is 0 Å². The molecular formula is C36H39Cl2N3O4S. The molecule has 0 aromatic heterocycles. The Morgan fingerprint density at radius 1 is 0.826 bits per heavy atom. The molecule has 46 heavy (non-hydrogen) atoms. The van der Waals surface area contributed by atoms with E-state index in [-0.39, 0.29) is 29.7 Å². The molecule has 0 saturated carbocycles. The summed E-state index contributed by atoms with van der Waals surface area (Å²) in [5.41, 5.74) is 2.58. The molecule has 0 aliphatic carbocycles. The smallest absolute Gasteiger partial charge is 0.264 e. The van der Waals surface area contributed by atoms with Crippen LogP contribution in [-0.2, 0) is 39.0 Å². The van der Waals surface area contributed by atoms with Gasteiger partial charge in [-0.05, 0) is 59.4 Å². The summed E-state index contributed by atoms with van der Waals surface area (Å²) in [6, 6.07) is 28.5. The van der Waals surface area contributed by atoms with Crippen LogP contribution in [0.5, 0.6) is 0 Å². The Hall–Kier alpha value is -3.85. The SMILES string of the molecule is CCc1ccccc1N(CC(=O)N(Cc1ccc(Cl)cc1Cl)[C@@H](Cc1ccccc1)C(=O)NCC(C)C)S(=O)(=O)c1ccccc1. The zero-order chi connectivity index (χ0) is 33.3. The van der Waals surface area contributed by atoms with Crippen LogP contribution in [0, 0.1) is 5.92 Å². The van der Waals surface area contributed by atoms with Gasteiger partial charge in [-0.1, -0.05) is 117 Å². The minimum Gasteiger partial charge on any atom is -0.354 e. The van der Waals surface area contributed by atoms with Crippen molar-refractivity contribution in [3.63, 3.8) is 0 Å². The molecule has 0 heterocycles. The molecule has 1 N–H and O–H groups in total. The summed E-state index contributed by atoms with van der Waals surface area (Å²) in [6.07, 6.45) is 0.752. The number of sulfonamides is 1. The lowest BCUT2D eigenvalue weighted by atomic mass is 10.0. The highest BCUT2D eigenvalue weighted by Crippen LogP contribution is 2.29. The molecule has 0 saturated heterocycles. The summed E-state index contributed by atoms with van der Waals surface area (Å²) in [4.78, 5) is 30.0. The van der Waals surface area contributed by atoms with E-state index in [4.69, 9.17) is 23.2 Å². The van der Waals surface area contributed by atoms with Gasteiger partial charge < -0.3 is 10.2 Å². The van der Waals surface area contributed by atoms with Crippen molar-refractivity contribution in [3.05, 3.63) is 130 Å². The third-order valence-electron chi connectivity index (χ3n) is 7.56. The van der Waals surface area contributed by atoms with Crippen molar-refractivity contribution in [2.75, 3.05) is 17.4 Å². The van der Waals surface area contributed by atoms with Crippen LogP contribution < -0.4 is 9.62 Å². The number of nitrogens with one attached hydrogen (secondary N) is 1. The third-order valence-corrected chi connectivity index (χ3v) is 9.92. The van der Waals surface area contributed by atoms with Crippen LogP contribution in [0.3, 0.4) is 0 Å². The number of nitrogens with zero attached hydrogens (tertiary/aromatic N) is 2. The maximum absolute atomic E-state index is 14.6. The van der Waals surface area contributed by atoms with E-state index < -0.39 is 28.5 Å². The first-order valence-electron chi connectivity index (χ1n) is 15.2. The highest BCUT2D eigenvalue weighted by molar-refractivity contribution is 7.92. The van der Waals surface area contributed by atoms with Gasteiger partial charge >= 0.3 is 0 Å². The van der Waals surface area contributed by atoms with Gasteiger partial charge in [0.25, 0.3) is 10.0 Å². The monoisotopic (exact) mass is 679 g/mol. The van der Waals surface area contributed by atoms with Crippen LogP contribution in [0.4, 0.5) is 5.69 Å². The van der Waals surface area contributed by atoms with Crippen molar-refractivity contribution in [3.8, 4) is 0 Å². The van der Waals surface area contributed by atoms with E-state index in [0.717, 1.165) is 15.4 Å². The average Bonchev–Trinajstić information content (AvgIpc) is 3.05. The lowest BCUT2D eigenvalue weighted by molar-refractivity contribution is -0.140. The number of benzene rings is 4. The average molecular weight is 681 g/mol. The molecule has 0 spiro atoms. The van der Waals surface area contributed by atoms with Gasteiger partial charge in [0, 0.05) is 29.6 Å². The maximum atomic E-state index is 14.6. The second kappa shape index (κ2) is 16.1. The summed E-state index contributed by atoms with van der Waals surface area (Å²) < 4.78 is 29.6. The van der Waals surface area contributed by atoms with Crippen LogP contribution in [0.25, 0.3) is 0 Å². The fraction of sp³-hybridized carbons (Fsp3) is 0.278. The zero-order valence-corrected chi connectivity index (χ0v) is 28.5. The minimum absolute atomic E-state index is 0.0456. The number of amides is 2. The first kappa shape index (κ1) is 35.0. The highest BCUT2D eigenvalue weighted by atomic mass is 35.5. The molecule has 0 radical (unpaired) electrons. The summed E-state index contributed by atoms with van der Waals surface area (Å²) in [6.45, 7) is 5.73. The molecule has 0 bridgehead atoms. The number of halogens is 2. The lowest BCUT2D eigenvalue weighted by Crippen LogP contribution is -2.53. The summed E-state index contributed by atoms with van der Waals surface area (Å²) >= 11 is 12.8. The van der Waals surface area contributed by atoms with Crippen LogP contribution in [-0.4, -0.2) is 44.3 Å². The van der Waals surface area contributed by atoms with Crippen LogP contribution in [0.15, 0.2) is 108 Å². The lowest BCUT2D eigenvalue weighted by Gasteiger charge is -2.34. The largest absolute Gasteiger partial charge is 0.354 e. The Labute approximate surface area is 282 Å². The van der Waals surface area contributed by atoms with Crippen molar-refractivity contribution < 1.29 is 18.0 Å². The second-order valence-electron chi connectivity index (χ2n) is 11.4. The molecule has 7 nitrogen and oxygen atoms in total. The number of para-hydroxylation sites is 1. The predicted octanol–water partition coefficient (Wildman–Crippen LogP) is 7.16. The number of aryl methyl sites for hydroxylation is 1. The molecule has 1 atom stereocenters. The topological polar surface area (TPSA) is 86.8 Å². The van der Waals surface area contributed by atoms with Gasteiger partial charge in [-0.3, -0.25) is 13.9 Å². The number of carbonyl (C=O) groups is 2. The molecule has 0 aliphatic rings. The number of anilines is 1. The molecule has 0 unspecified atom stereocenters. The molecule has 0 fully saturated rings. The molecule has 10 heteroatoms. The Bertz CT molecular complexity index is 1730. The zero-order valence-electron chi connectivity index (χ0n) is 26.2. The van der Waals surface area contributed by atoms with Gasteiger partial charge in [0.05, 0.1) is 10.6 Å². The van der Waals surface area contributed by atoms with Gasteiger partial charge in [0.15, 0.2) is 0 Å². The Morgan fingerprint density at radius 2 is 1.46 bits per heavy atom.